The Morgan fingerprint density at radius 2 is 1.83 bits per heavy atom. The van der Waals surface area contributed by atoms with Crippen LogP contribution in [0.1, 0.15) is 35.0 Å². The average Bonchev–Trinajstić information content (AvgIpc) is 1.78. The summed E-state index contributed by atoms with van der Waals surface area (Å²) in [6.07, 6.45) is 1.89. The second-order valence-electron chi connectivity index (χ2n) is 3.86. The van der Waals surface area contributed by atoms with Crippen molar-refractivity contribution < 1.29 is 35.0 Å². The first-order valence-electron chi connectivity index (χ1n) is 3.89. The Kier molecular flexibility index (Phi) is 8.76. The van der Waals surface area contributed by atoms with Gasteiger partial charge in [-0.3, -0.25) is 0 Å². The van der Waals surface area contributed by atoms with Crippen LogP contribution in [-0.2, 0) is 4.65 Å². The van der Waals surface area contributed by atoms with Crippen LogP contribution in [0.4, 0.5) is 0 Å². The van der Waals surface area contributed by atoms with Crippen LogP contribution in [0.3, 0.4) is 0 Å². The minimum absolute atomic E-state index is 0. The zero-order valence-corrected chi connectivity index (χ0v) is 8.50. The normalized spacial score (nSPS) is 10.8. The van der Waals surface area contributed by atoms with E-state index in [2.05, 4.69) is 25.4 Å². The van der Waals surface area contributed by atoms with Gasteiger partial charge in [-0.1, -0.05) is 20.8 Å². The molecule has 0 aromatic rings. The molecule has 0 saturated heterocycles. The monoisotopic (exact) mass is 168 g/mol. The molecule has 0 bridgehead atoms. The molecule has 68 valence electrons. The maximum Gasteiger partial charge on any atom is 1.00 e. The molecule has 0 radical (unpaired) electrons. The van der Waals surface area contributed by atoms with Crippen molar-refractivity contribution in [1.29, 1.82) is 0 Å². The summed E-state index contributed by atoms with van der Waals surface area (Å²) in [5.74, 6) is 0. The van der Waals surface area contributed by atoms with Crippen molar-refractivity contribution in [2.24, 2.45) is 5.41 Å². The Balaban J connectivity index is -0.000000500. The molecule has 3 nitrogen and oxygen atoms in total. The van der Waals surface area contributed by atoms with Gasteiger partial charge in [0.25, 0.3) is 0 Å². The van der Waals surface area contributed by atoms with Gasteiger partial charge >= 0.3 is 26.2 Å². The van der Waals surface area contributed by atoms with Crippen LogP contribution in [0, 0.1) is 5.41 Å². The fraction of sp³-hybridized carbons (Fsp3) is 1.00. The van der Waals surface area contributed by atoms with Gasteiger partial charge in [0.2, 0.25) is 0 Å². The Labute approximate surface area is 88.3 Å². The maximum absolute atomic E-state index is 8.32. The van der Waals surface area contributed by atoms with Crippen molar-refractivity contribution in [3.8, 4) is 0 Å². The molecule has 0 aliphatic heterocycles. The third-order valence-corrected chi connectivity index (χ3v) is 1.34. The molecule has 0 rings (SSSR count). The molecular weight excluding hydrogens is 150 g/mol. The van der Waals surface area contributed by atoms with E-state index in [-0.39, 0.29) is 20.3 Å². The molecule has 0 spiro atoms. The van der Waals surface area contributed by atoms with Crippen molar-refractivity contribution in [1.82, 2.24) is 0 Å². The van der Waals surface area contributed by atoms with Crippen molar-refractivity contribution in [2.45, 2.75) is 33.6 Å². The van der Waals surface area contributed by atoms with Crippen molar-refractivity contribution in [3.05, 3.63) is 0 Å². The zero-order valence-electron chi connectivity index (χ0n) is 9.50. The number of hydrogen-bond donors (Lipinski definition) is 2. The van der Waals surface area contributed by atoms with Crippen LogP contribution in [-0.4, -0.2) is 24.0 Å². The van der Waals surface area contributed by atoms with Crippen molar-refractivity contribution in [3.63, 3.8) is 0 Å². The van der Waals surface area contributed by atoms with Crippen LogP contribution < -0.4 is 18.9 Å². The topological polar surface area (TPSA) is 49.7 Å². The second-order valence-corrected chi connectivity index (χ2v) is 3.86. The molecule has 12 heavy (non-hydrogen) atoms. The molecule has 0 aliphatic rings. The summed E-state index contributed by atoms with van der Waals surface area (Å²) < 4.78 is 4.55. The van der Waals surface area contributed by atoms with Crippen LogP contribution in [0.2, 0.25) is 0 Å². The predicted octanol–water partition coefficient (Wildman–Crippen LogP) is -2.08. The molecule has 0 atom stereocenters. The second kappa shape index (κ2) is 6.99. The van der Waals surface area contributed by atoms with E-state index >= 15 is 0 Å². The molecule has 0 fully saturated rings. The summed E-state index contributed by atoms with van der Waals surface area (Å²) in [6, 6.07) is 0. The molecule has 0 aromatic heterocycles. The fourth-order valence-corrected chi connectivity index (χ4v) is 0.791. The van der Waals surface area contributed by atoms with E-state index in [4.69, 9.17) is 10.0 Å². The first-order chi connectivity index (χ1) is 4.92. The summed E-state index contributed by atoms with van der Waals surface area (Å²) in [5, 5.41) is 16.6. The molecule has 2 N–H and O–H groups in total. The Morgan fingerprint density at radius 3 is 2.17 bits per heavy atom. The molecular formula is C7H18BLiO3. The minimum atomic E-state index is -1.62. The van der Waals surface area contributed by atoms with Gasteiger partial charge in [-0.15, -0.1) is 0 Å². The van der Waals surface area contributed by atoms with Crippen LogP contribution in [0.25, 0.3) is 0 Å². The largest absolute Gasteiger partial charge is 1.00 e. The predicted molar refractivity (Wildman–Crippen MR) is 45.9 cm³/mol. The van der Waals surface area contributed by atoms with Gasteiger partial charge in [0.15, 0.2) is 0 Å². The summed E-state index contributed by atoms with van der Waals surface area (Å²) in [4.78, 5) is 0. The Bertz CT molecular complexity index is 108. The third-order valence-electron chi connectivity index (χ3n) is 1.34. The van der Waals surface area contributed by atoms with Gasteiger partial charge in [0.1, 0.15) is 0 Å². The third kappa shape index (κ3) is 13.2. The van der Waals surface area contributed by atoms with E-state index in [1.165, 1.54) is 0 Å². The van der Waals surface area contributed by atoms with Crippen LogP contribution >= 0.6 is 0 Å². The summed E-state index contributed by atoms with van der Waals surface area (Å²) in [7, 11) is -1.62. The number of hydrogen-bond acceptors (Lipinski definition) is 3. The smallest absolute Gasteiger partial charge is 1.00 e. The maximum atomic E-state index is 8.32. The molecule has 0 saturated carbocycles. The zero-order chi connectivity index (χ0) is 8.91. The molecule has 5 heteroatoms. The Morgan fingerprint density at radius 1 is 1.33 bits per heavy atom. The first kappa shape index (κ1) is 15.0. The van der Waals surface area contributed by atoms with Gasteiger partial charge in [-0.25, -0.2) is 0 Å². The molecule has 0 amide bonds. The SMILES string of the molecule is CC(C)(C)CCCOB(O)O.[H-].[Li+]. The average molecular weight is 168 g/mol. The van der Waals surface area contributed by atoms with Gasteiger partial charge in [-0.2, -0.15) is 0 Å². The molecule has 0 unspecified atom stereocenters. The fourth-order valence-electron chi connectivity index (χ4n) is 0.791. The quantitative estimate of drug-likeness (QED) is 0.374. The van der Waals surface area contributed by atoms with E-state index in [1.54, 1.807) is 0 Å². The van der Waals surface area contributed by atoms with E-state index in [0.717, 1.165) is 12.8 Å². The minimum Gasteiger partial charge on any atom is -1.00 e. The van der Waals surface area contributed by atoms with E-state index in [9.17, 15) is 0 Å². The molecule has 0 heterocycles. The van der Waals surface area contributed by atoms with Crippen LogP contribution in [0.15, 0.2) is 0 Å². The van der Waals surface area contributed by atoms with Gasteiger partial charge in [-0.05, 0) is 18.3 Å². The van der Waals surface area contributed by atoms with Crippen LogP contribution in [0.5, 0.6) is 0 Å². The van der Waals surface area contributed by atoms with Crippen molar-refractivity contribution in [2.75, 3.05) is 6.61 Å². The van der Waals surface area contributed by atoms with E-state index in [1.807, 2.05) is 0 Å². The molecule has 0 aliphatic carbocycles. The Hall–Kier alpha value is 0.542. The van der Waals surface area contributed by atoms with Gasteiger partial charge in [0, 0.05) is 6.61 Å². The summed E-state index contributed by atoms with van der Waals surface area (Å²) >= 11 is 0. The molecule has 0 aromatic carbocycles. The van der Waals surface area contributed by atoms with Crippen molar-refractivity contribution >= 4 is 7.32 Å². The standard InChI is InChI=1S/C7H17BO3.Li.H/c1-7(2,3)5-4-6-11-8(9)10;;/h9-10H,4-6H2,1-3H3;;/q;+1;-1. The summed E-state index contributed by atoms with van der Waals surface area (Å²) in [6.45, 7) is 6.84. The first-order valence-corrected chi connectivity index (χ1v) is 3.89. The van der Waals surface area contributed by atoms with E-state index < -0.39 is 7.32 Å². The van der Waals surface area contributed by atoms with Gasteiger partial charge < -0.3 is 16.1 Å². The van der Waals surface area contributed by atoms with E-state index in [0.29, 0.717) is 12.0 Å². The number of rotatable bonds is 4. The van der Waals surface area contributed by atoms with Gasteiger partial charge in [0.05, 0.1) is 0 Å². The summed E-state index contributed by atoms with van der Waals surface area (Å²) in [5.41, 5.74) is 0.295.